The summed E-state index contributed by atoms with van der Waals surface area (Å²) in [6, 6.07) is 10.2. The van der Waals surface area contributed by atoms with Crippen LogP contribution in [-0.4, -0.2) is 9.97 Å². The highest BCUT2D eigenvalue weighted by Gasteiger charge is 2.19. The van der Waals surface area contributed by atoms with Gasteiger partial charge in [-0.2, -0.15) is 0 Å². The van der Waals surface area contributed by atoms with Crippen LogP contribution in [0.5, 0.6) is 0 Å². The average Bonchev–Trinajstić information content (AvgIpc) is 3.22. The fraction of sp³-hybridized carbons (Fsp3) is 0.182. The summed E-state index contributed by atoms with van der Waals surface area (Å²) in [5, 5.41) is 1.05. The molecule has 4 rings (SSSR count). The number of aryl methyl sites for hydroxylation is 2. The van der Waals surface area contributed by atoms with E-state index in [1.807, 2.05) is 32.0 Å². The minimum Gasteiger partial charge on any atom is -0.461 e. The summed E-state index contributed by atoms with van der Waals surface area (Å²) in [7, 11) is 0. The van der Waals surface area contributed by atoms with Gasteiger partial charge in [0.1, 0.15) is 29.2 Å². The molecule has 0 fully saturated rings. The Bertz CT molecular complexity index is 1070. The molecule has 3 heterocycles. The SMILES string of the molecule is C=C(C)CCc1oc2cc(-c3cncnc3)ccc2c1-c1ccc(C)o1. The van der Waals surface area contributed by atoms with Gasteiger partial charge in [-0.3, -0.25) is 0 Å². The van der Waals surface area contributed by atoms with Crippen LogP contribution in [0.2, 0.25) is 0 Å². The average molecular weight is 344 g/mol. The number of hydrogen-bond donors (Lipinski definition) is 0. The Morgan fingerprint density at radius 1 is 1.04 bits per heavy atom. The van der Waals surface area contributed by atoms with Crippen LogP contribution in [-0.2, 0) is 6.42 Å². The molecular formula is C22H20N2O2. The second-order valence-corrected chi connectivity index (χ2v) is 6.61. The van der Waals surface area contributed by atoms with Crippen LogP contribution in [0.1, 0.15) is 24.9 Å². The third-order valence-corrected chi connectivity index (χ3v) is 4.42. The molecule has 4 nitrogen and oxygen atoms in total. The van der Waals surface area contributed by atoms with Gasteiger partial charge in [0.25, 0.3) is 0 Å². The summed E-state index contributed by atoms with van der Waals surface area (Å²) in [4.78, 5) is 8.19. The van der Waals surface area contributed by atoms with E-state index < -0.39 is 0 Å². The van der Waals surface area contributed by atoms with Gasteiger partial charge in [0.2, 0.25) is 0 Å². The molecule has 0 aliphatic rings. The van der Waals surface area contributed by atoms with Crippen LogP contribution in [0.3, 0.4) is 0 Å². The number of benzene rings is 1. The van der Waals surface area contributed by atoms with Gasteiger partial charge in [-0.25, -0.2) is 9.97 Å². The maximum Gasteiger partial charge on any atom is 0.138 e. The van der Waals surface area contributed by atoms with E-state index in [9.17, 15) is 0 Å². The molecule has 4 heteroatoms. The van der Waals surface area contributed by atoms with E-state index in [1.165, 1.54) is 6.33 Å². The first-order valence-electron chi connectivity index (χ1n) is 8.64. The lowest BCUT2D eigenvalue weighted by Gasteiger charge is -2.01. The summed E-state index contributed by atoms with van der Waals surface area (Å²) < 4.78 is 12.1. The molecule has 0 N–H and O–H groups in total. The van der Waals surface area contributed by atoms with Crippen molar-refractivity contribution in [3.05, 3.63) is 72.7 Å². The quantitative estimate of drug-likeness (QED) is 0.419. The highest BCUT2D eigenvalue weighted by atomic mass is 16.4. The number of fused-ring (bicyclic) bond motifs is 1. The van der Waals surface area contributed by atoms with Crippen LogP contribution in [0.4, 0.5) is 0 Å². The Morgan fingerprint density at radius 2 is 1.85 bits per heavy atom. The number of allylic oxidation sites excluding steroid dienone is 1. The highest BCUT2D eigenvalue weighted by Crippen LogP contribution is 2.38. The number of furan rings is 2. The van der Waals surface area contributed by atoms with Gasteiger partial charge < -0.3 is 8.83 Å². The molecule has 4 aromatic rings. The van der Waals surface area contributed by atoms with Crippen molar-refractivity contribution < 1.29 is 8.83 Å². The molecule has 0 unspecified atom stereocenters. The zero-order valence-electron chi connectivity index (χ0n) is 15.0. The van der Waals surface area contributed by atoms with E-state index >= 15 is 0 Å². The van der Waals surface area contributed by atoms with E-state index in [1.54, 1.807) is 12.4 Å². The molecule has 0 saturated heterocycles. The topological polar surface area (TPSA) is 52.1 Å². The maximum atomic E-state index is 6.23. The normalized spacial score (nSPS) is 11.2. The van der Waals surface area contributed by atoms with Crippen molar-refractivity contribution >= 4 is 11.0 Å². The third-order valence-electron chi connectivity index (χ3n) is 4.42. The summed E-state index contributed by atoms with van der Waals surface area (Å²) in [5.74, 6) is 2.66. The van der Waals surface area contributed by atoms with Gasteiger partial charge in [-0.05, 0) is 50.1 Å². The lowest BCUT2D eigenvalue weighted by molar-refractivity contribution is 0.530. The zero-order valence-corrected chi connectivity index (χ0v) is 15.0. The fourth-order valence-corrected chi connectivity index (χ4v) is 3.12. The van der Waals surface area contributed by atoms with E-state index in [4.69, 9.17) is 8.83 Å². The van der Waals surface area contributed by atoms with Crippen molar-refractivity contribution in [2.45, 2.75) is 26.7 Å². The predicted molar refractivity (Wildman–Crippen MR) is 103 cm³/mol. The fourth-order valence-electron chi connectivity index (χ4n) is 3.12. The molecule has 0 aliphatic heterocycles. The van der Waals surface area contributed by atoms with Crippen LogP contribution in [0.25, 0.3) is 33.4 Å². The molecule has 0 radical (unpaired) electrons. The van der Waals surface area contributed by atoms with Gasteiger partial charge in [-0.15, -0.1) is 6.58 Å². The van der Waals surface area contributed by atoms with E-state index in [0.717, 1.165) is 63.4 Å². The van der Waals surface area contributed by atoms with Gasteiger partial charge in [0.15, 0.2) is 0 Å². The minimum absolute atomic E-state index is 0.795. The Kier molecular flexibility index (Phi) is 4.17. The second-order valence-electron chi connectivity index (χ2n) is 6.61. The lowest BCUT2D eigenvalue weighted by atomic mass is 10.0. The van der Waals surface area contributed by atoms with Crippen LogP contribution in [0.15, 0.2) is 70.0 Å². The second kappa shape index (κ2) is 6.64. The van der Waals surface area contributed by atoms with Crippen LogP contribution < -0.4 is 0 Å². The molecule has 26 heavy (non-hydrogen) atoms. The molecule has 0 bridgehead atoms. The monoisotopic (exact) mass is 344 g/mol. The standard InChI is InChI=1S/C22H20N2O2/c1-14(2)4-8-20-22(19-9-5-15(3)25-19)18-7-6-16(10-21(18)26-20)17-11-23-13-24-12-17/h5-7,9-13H,1,4,8H2,2-3H3. The molecule has 0 amide bonds. The molecule has 0 spiro atoms. The smallest absolute Gasteiger partial charge is 0.138 e. The van der Waals surface area contributed by atoms with Crippen molar-refractivity contribution in [3.63, 3.8) is 0 Å². The van der Waals surface area contributed by atoms with Crippen molar-refractivity contribution in [2.24, 2.45) is 0 Å². The number of hydrogen-bond acceptors (Lipinski definition) is 4. The van der Waals surface area contributed by atoms with Crippen molar-refractivity contribution in [1.82, 2.24) is 9.97 Å². The summed E-state index contributed by atoms with van der Waals surface area (Å²) >= 11 is 0. The van der Waals surface area contributed by atoms with E-state index in [-0.39, 0.29) is 0 Å². The molecular weight excluding hydrogens is 324 g/mol. The Hall–Kier alpha value is -3.14. The van der Waals surface area contributed by atoms with Crippen molar-refractivity contribution in [2.75, 3.05) is 0 Å². The first-order chi connectivity index (χ1) is 12.6. The predicted octanol–water partition coefficient (Wildman–Crippen LogP) is 5.97. The highest BCUT2D eigenvalue weighted by molar-refractivity contribution is 5.96. The number of nitrogens with zero attached hydrogens (tertiary/aromatic N) is 2. The number of aromatic nitrogens is 2. The molecule has 3 aromatic heterocycles. The first kappa shape index (κ1) is 16.3. The van der Waals surface area contributed by atoms with E-state index in [2.05, 4.69) is 28.7 Å². The van der Waals surface area contributed by atoms with Gasteiger partial charge in [0, 0.05) is 29.8 Å². The molecule has 0 atom stereocenters. The molecule has 0 aliphatic carbocycles. The lowest BCUT2D eigenvalue weighted by Crippen LogP contribution is -1.86. The van der Waals surface area contributed by atoms with Gasteiger partial charge in [-0.1, -0.05) is 11.6 Å². The summed E-state index contributed by atoms with van der Waals surface area (Å²) in [5.41, 5.74) is 5.00. The minimum atomic E-state index is 0.795. The molecule has 130 valence electrons. The Balaban J connectivity index is 1.86. The maximum absolute atomic E-state index is 6.23. The van der Waals surface area contributed by atoms with Gasteiger partial charge >= 0.3 is 0 Å². The summed E-state index contributed by atoms with van der Waals surface area (Å²) in [6.07, 6.45) is 6.81. The van der Waals surface area contributed by atoms with E-state index in [0.29, 0.717) is 0 Å². The van der Waals surface area contributed by atoms with Crippen LogP contribution in [0, 0.1) is 6.92 Å². The molecule has 1 aromatic carbocycles. The third kappa shape index (κ3) is 3.06. The first-order valence-corrected chi connectivity index (χ1v) is 8.64. The molecule has 0 saturated carbocycles. The van der Waals surface area contributed by atoms with Gasteiger partial charge in [0.05, 0.1) is 5.56 Å². The largest absolute Gasteiger partial charge is 0.461 e. The Labute approximate surface area is 152 Å². The summed E-state index contributed by atoms with van der Waals surface area (Å²) in [6.45, 7) is 7.99. The zero-order chi connectivity index (χ0) is 18.1. The van der Waals surface area contributed by atoms with Crippen molar-refractivity contribution in [1.29, 1.82) is 0 Å². The van der Waals surface area contributed by atoms with Crippen LogP contribution >= 0.6 is 0 Å². The number of rotatable bonds is 5. The van der Waals surface area contributed by atoms with Crippen molar-refractivity contribution in [3.8, 4) is 22.5 Å². The Morgan fingerprint density at radius 3 is 2.54 bits per heavy atom.